The maximum atomic E-state index is 13.2. The van der Waals surface area contributed by atoms with Crippen LogP contribution in [0.1, 0.15) is 5.56 Å². The van der Waals surface area contributed by atoms with E-state index in [1.165, 1.54) is 19.2 Å². The summed E-state index contributed by atoms with van der Waals surface area (Å²) in [6, 6.07) is 4.00. The van der Waals surface area contributed by atoms with Crippen LogP contribution in [0.2, 0.25) is 0 Å². The Morgan fingerprint density at radius 1 is 1.24 bits per heavy atom. The Bertz CT molecular complexity index is 439. The number of nitrogens with zero attached hydrogens (tertiary/aromatic N) is 1. The molecule has 0 spiro atoms. The molecule has 0 aliphatic carbocycles. The number of benzene rings is 1. The summed E-state index contributed by atoms with van der Waals surface area (Å²) in [5.41, 5.74) is -0.562. The first-order valence-electron chi connectivity index (χ1n) is 6.59. The number of likely N-dealkylation sites (N-methyl/N-ethyl adjacent to an activating group) is 2. The van der Waals surface area contributed by atoms with Crippen molar-refractivity contribution in [2.45, 2.75) is 6.18 Å². The van der Waals surface area contributed by atoms with E-state index in [1.807, 2.05) is 0 Å². The van der Waals surface area contributed by atoms with Crippen LogP contribution in [-0.2, 0) is 10.9 Å². The summed E-state index contributed by atoms with van der Waals surface area (Å²) in [5, 5.41) is 2.91. The number of hydrogen-bond acceptors (Lipinski definition) is 4. The largest absolute Gasteiger partial charge is 0.491 e. The molecule has 1 rings (SSSR count). The van der Waals surface area contributed by atoms with Crippen LogP contribution in [-0.4, -0.2) is 47.5 Å². The Morgan fingerprint density at radius 2 is 1.95 bits per heavy atom. The van der Waals surface area contributed by atoms with Crippen LogP contribution < -0.4 is 15.0 Å². The molecule has 0 saturated heterocycles. The van der Waals surface area contributed by atoms with Crippen molar-refractivity contribution >= 4 is 5.69 Å². The zero-order valence-corrected chi connectivity index (χ0v) is 12.5. The average Bonchev–Trinajstić information content (AvgIpc) is 2.44. The Kier molecular flexibility index (Phi) is 6.77. The number of rotatable bonds is 8. The second kappa shape index (κ2) is 8.09. The summed E-state index contributed by atoms with van der Waals surface area (Å²) in [6.45, 7) is 1.61. The van der Waals surface area contributed by atoms with Crippen molar-refractivity contribution in [3.05, 3.63) is 23.8 Å². The SMILES string of the molecule is CNCCN(C)c1ccc(OCCOC)cc1C(F)(F)F. The van der Waals surface area contributed by atoms with Crippen molar-refractivity contribution in [2.24, 2.45) is 0 Å². The molecule has 120 valence electrons. The minimum absolute atomic E-state index is 0.136. The third-order valence-electron chi connectivity index (χ3n) is 2.94. The number of nitrogens with one attached hydrogen (secondary N) is 1. The first kappa shape index (κ1) is 17.6. The zero-order valence-electron chi connectivity index (χ0n) is 12.5. The maximum absolute atomic E-state index is 13.2. The number of ether oxygens (including phenoxy) is 2. The molecule has 0 aromatic heterocycles. The molecule has 0 heterocycles. The van der Waals surface area contributed by atoms with Gasteiger partial charge in [0.25, 0.3) is 0 Å². The summed E-state index contributed by atoms with van der Waals surface area (Å²) >= 11 is 0. The minimum Gasteiger partial charge on any atom is -0.491 e. The van der Waals surface area contributed by atoms with Gasteiger partial charge >= 0.3 is 6.18 Å². The lowest BCUT2D eigenvalue weighted by Crippen LogP contribution is -2.28. The Labute approximate surface area is 122 Å². The van der Waals surface area contributed by atoms with Crippen molar-refractivity contribution in [3.63, 3.8) is 0 Å². The van der Waals surface area contributed by atoms with Crippen LogP contribution in [0.4, 0.5) is 18.9 Å². The number of alkyl halides is 3. The van der Waals surface area contributed by atoms with Crippen molar-refractivity contribution in [1.82, 2.24) is 5.32 Å². The molecule has 1 aromatic carbocycles. The molecule has 0 amide bonds. The van der Waals surface area contributed by atoms with Crippen molar-refractivity contribution in [3.8, 4) is 5.75 Å². The van der Waals surface area contributed by atoms with Gasteiger partial charge in [0, 0.05) is 32.9 Å². The second-order valence-electron chi connectivity index (χ2n) is 4.54. The molecule has 0 bridgehead atoms. The first-order valence-corrected chi connectivity index (χ1v) is 6.59. The third-order valence-corrected chi connectivity index (χ3v) is 2.94. The molecule has 0 atom stereocenters. The third kappa shape index (κ3) is 5.43. The van der Waals surface area contributed by atoms with E-state index in [2.05, 4.69) is 5.32 Å². The first-order chi connectivity index (χ1) is 9.90. The molecule has 0 fully saturated rings. The molecule has 21 heavy (non-hydrogen) atoms. The van der Waals surface area contributed by atoms with Crippen LogP contribution in [0.5, 0.6) is 5.75 Å². The molecule has 1 aromatic rings. The van der Waals surface area contributed by atoms with Gasteiger partial charge in [-0.2, -0.15) is 13.2 Å². The molecule has 1 N–H and O–H groups in total. The number of halogens is 3. The smallest absolute Gasteiger partial charge is 0.418 e. The van der Waals surface area contributed by atoms with Gasteiger partial charge in [-0.05, 0) is 25.2 Å². The zero-order chi connectivity index (χ0) is 15.9. The van der Waals surface area contributed by atoms with Gasteiger partial charge in [-0.3, -0.25) is 0 Å². The summed E-state index contributed by atoms with van der Waals surface area (Å²) in [6.07, 6.45) is -4.43. The van der Waals surface area contributed by atoms with Crippen molar-refractivity contribution < 1.29 is 22.6 Å². The maximum Gasteiger partial charge on any atom is 0.418 e. The van der Waals surface area contributed by atoms with E-state index >= 15 is 0 Å². The topological polar surface area (TPSA) is 33.7 Å². The summed E-state index contributed by atoms with van der Waals surface area (Å²) in [5.74, 6) is 0.185. The van der Waals surface area contributed by atoms with Crippen molar-refractivity contribution in [2.75, 3.05) is 52.4 Å². The standard InChI is InChI=1S/C14H21F3N2O2/c1-18-6-7-19(2)13-5-4-11(21-9-8-20-3)10-12(13)14(15,16)17/h4-5,10,18H,6-9H2,1-3H3. The highest BCUT2D eigenvalue weighted by Gasteiger charge is 2.35. The summed E-state index contributed by atoms with van der Waals surface area (Å²) in [4.78, 5) is 1.57. The highest BCUT2D eigenvalue weighted by atomic mass is 19.4. The molecular formula is C14H21F3N2O2. The normalized spacial score (nSPS) is 11.5. The van der Waals surface area contributed by atoms with Crippen molar-refractivity contribution in [1.29, 1.82) is 0 Å². The van der Waals surface area contributed by atoms with Gasteiger partial charge in [0.15, 0.2) is 0 Å². The van der Waals surface area contributed by atoms with Gasteiger partial charge in [-0.1, -0.05) is 0 Å². The van der Waals surface area contributed by atoms with Gasteiger partial charge < -0.3 is 19.7 Å². The Morgan fingerprint density at radius 3 is 2.52 bits per heavy atom. The number of hydrogen-bond donors (Lipinski definition) is 1. The van der Waals surface area contributed by atoms with E-state index in [-0.39, 0.29) is 18.0 Å². The van der Waals surface area contributed by atoms with Crippen LogP contribution in [0.3, 0.4) is 0 Å². The molecule has 0 saturated carbocycles. The molecule has 0 aliphatic rings. The fourth-order valence-corrected chi connectivity index (χ4v) is 1.81. The summed E-state index contributed by atoms with van der Waals surface area (Å²) in [7, 11) is 4.89. The second-order valence-corrected chi connectivity index (χ2v) is 4.54. The van der Waals surface area contributed by atoms with Crippen LogP contribution in [0.15, 0.2) is 18.2 Å². The van der Waals surface area contributed by atoms with E-state index in [1.54, 1.807) is 19.0 Å². The van der Waals surface area contributed by atoms with Crippen LogP contribution >= 0.6 is 0 Å². The predicted molar refractivity (Wildman–Crippen MR) is 76.0 cm³/mol. The quantitative estimate of drug-likeness (QED) is 0.748. The van der Waals surface area contributed by atoms with Gasteiger partial charge in [0.2, 0.25) is 0 Å². The van der Waals surface area contributed by atoms with Gasteiger partial charge in [0.1, 0.15) is 12.4 Å². The predicted octanol–water partition coefficient (Wildman–Crippen LogP) is 2.39. The lowest BCUT2D eigenvalue weighted by atomic mass is 10.1. The van der Waals surface area contributed by atoms with E-state index in [9.17, 15) is 13.2 Å². The molecule has 4 nitrogen and oxygen atoms in total. The van der Waals surface area contributed by atoms with E-state index in [4.69, 9.17) is 9.47 Å². The fraction of sp³-hybridized carbons (Fsp3) is 0.571. The van der Waals surface area contributed by atoms with E-state index in [0.717, 1.165) is 6.07 Å². The average molecular weight is 306 g/mol. The molecule has 7 heteroatoms. The Hall–Kier alpha value is -1.47. The lowest BCUT2D eigenvalue weighted by molar-refractivity contribution is -0.137. The van der Waals surface area contributed by atoms with Crippen LogP contribution in [0.25, 0.3) is 0 Å². The number of anilines is 1. The van der Waals surface area contributed by atoms with Gasteiger partial charge in [-0.15, -0.1) is 0 Å². The molecule has 0 radical (unpaired) electrons. The fourth-order valence-electron chi connectivity index (χ4n) is 1.81. The van der Waals surface area contributed by atoms with E-state index < -0.39 is 11.7 Å². The van der Waals surface area contributed by atoms with Crippen LogP contribution in [0, 0.1) is 0 Å². The molecule has 0 aliphatic heterocycles. The Balaban J connectivity index is 2.97. The molecule has 0 unspecified atom stereocenters. The minimum atomic E-state index is -4.43. The highest BCUT2D eigenvalue weighted by molar-refractivity contribution is 5.57. The lowest BCUT2D eigenvalue weighted by Gasteiger charge is -2.24. The van der Waals surface area contributed by atoms with Gasteiger partial charge in [0.05, 0.1) is 12.2 Å². The molecular weight excluding hydrogens is 285 g/mol. The summed E-state index contributed by atoms with van der Waals surface area (Å²) < 4.78 is 49.6. The monoisotopic (exact) mass is 306 g/mol. The highest BCUT2D eigenvalue weighted by Crippen LogP contribution is 2.38. The number of methoxy groups -OCH3 is 1. The van der Waals surface area contributed by atoms with E-state index in [0.29, 0.717) is 19.7 Å². The van der Waals surface area contributed by atoms with Gasteiger partial charge in [-0.25, -0.2) is 0 Å².